The summed E-state index contributed by atoms with van der Waals surface area (Å²) in [7, 11) is 0. The lowest BCUT2D eigenvalue weighted by molar-refractivity contribution is -0.139. The third-order valence-corrected chi connectivity index (χ3v) is 3.26. The van der Waals surface area contributed by atoms with Crippen molar-refractivity contribution >= 4 is 5.97 Å². The third kappa shape index (κ3) is 5.31. The fourth-order valence-electron chi connectivity index (χ4n) is 2.07. The molecule has 0 bridgehead atoms. The van der Waals surface area contributed by atoms with Crippen LogP contribution in [0.3, 0.4) is 0 Å². The number of halogens is 3. The van der Waals surface area contributed by atoms with Crippen LogP contribution in [-0.4, -0.2) is 27.7 Å². The van der Waals surface area contributed by atoms with E-state index in [1.54, 1.807) is 0 Å². The predicted octanol–water partition coefficient (Wildman–Crippen LogP) is 3.27. The first-order valence-electron chi connectivity index (χ1n) is 7.11. The Morgan fingerprint density at radius 2 is 1.92 bits per heavy atom. The number of hydrogen-bond donors (Lipinski definition) is 1. The van der Waals surface area contributed by atoms with Crippen LogP contribution in [0.1, 0.15) is 29.3 Å². The molecule has 1 aromatic heterocycles. The van der Waals surface area contributed by atoms with Crippen LogP contribution in [0.25, 0.3) is 0 Å². The molecule has 1 N–H and O–H groups in total. The Labute approximate surface area is 136 Å². The van der Waals surface area contributed by atoms with Crippen molar-refractivity contribution in [1.82, 2.24) is 9.97 Å². The van der Waals surface area contributed by atoms with Gasteiger partial charge in [-0.25, -0.2) is 0 Å². The predicted molar refractivity (Wildman–Crippen MR) is 78.1 cm³/mol. The van der Waals surface area contributed by atoms with Crippen LogP contribution in [0.5, 0.6) is 0 Å². The molecule has 0 spiro atoms. The lowest BCUT2D eigenvalue weighted by Crippen LogP contribution is -2.13. The molecule has 0 aliphatic heterocycles. The Kier molecular flexibility index (Phi) is 5.86. The highest BCUT2D eigenvalue weighted by atomic mass is 19.4. The number of hydrogen-bond acceptors (Lipinski definition) is 4. The van der Waals surface area contributed by atoms with Gasteiger partial charge in [0.15, 0.2) is 0 Å². The topological polar surface area (TPSA) is 72.3 Å². The lowest BCUT2D eigenvalue weighted by Gasteiger charge is -2.18. The van der Waals surface area contributed by atoms with Crippen LogP contribution in [0, 0.1) is 0 Å². The van der Waals surface area contributed by atoms with E-state index in [-0.39, 0.29) is 19.4 Å². The summed E-state index contributed by atoms with van der Waals surface area (Å²) in [6, 6.07) is 4.59. The molecule has 0 radical (unpaired) electrons. The Hall–Kier alpha value is -2.48. The van der Waals surface area contributed by atoms with E-state index < -0.39 is 23.8 Å². The lowest BCUT2D eigenvalue weighted by atomic mass is 10.0. The van der Waals surface area contributed by atoms with Crippen LogP contribution in [-0.2, 0) is 22.1 Å². The minimum atomic E-state index is -4.41. The minimum absolute atomic E-state index is 0.0543. The SMILES string of the molecule is O=C(O)CCO[C@H](Cc1cnccn1)c1ccc(C(F)(F)F)cc1. The summed E-state index contributed by atoms with van der Waals surface area (Å²) in [6.45, 7) is -0.0543. The van der Waals surface area contributed by atoms with E-state index in [0.29, 0.717) is 11.3 Å². The molecule has 1 heterocycles. The average molecular weight is 340 g/mol. The largest absolute Gasteiger partial charge is 0.481 e. The quantitative estimate of drug-likeness (QED) is 0.837. The molecule has 1 atom stereocenters. The molecule has 0 aliphatic rings. The van der Waals surface area contributed by atoms with E-state index in [4.69, 9.17) is 9.84 Å². The first kappa shape index (κ1) is 17.9. The van der Waals surface area contributed by atoms with Crippen LogP contribution < -0.4 is 0 Å². The maximum Gasteiger partial charge on any atom is 0.416 e. The Balaban J connectivity index is 2.16. The highest BCUT2D eigenvalue weighted by Crippen LogP contribution is 2.31. The Bertz CT molecular complexity index is 661. The molecular weight excluding hydrogens is 325 g/mol. The molecule has 128 valence electrons. The minimum Gasteiger partial charge on any atom is -0.481 e. The second-order valence-corrected chi connectivity index (χ2v) is 5.02. The van der Waals surface area contributed by atoms with Crippen molar-refractivity contribution in [3.05, 3.63) is 59.7 Å². The summed E-state index contributed by atoms with van der Waals surface area (Å²) in [5.74, 6) is -1.01. The number of carboxylic acid groups (broad SMARTS) is 1. The zero-order valence-corrected chi connectivity index (χ0v) is 12.5. The second kappa shape index (κ2) is 7.87. The van der Waals surface area contributed by atoms with Gasteiger partial charge in [-0.05, 0) is 17.7 Å². The zero-order valence-electron chi connectivity index (χ0n) is 12.5. The van der Waals surface area contributed by atoms with Crippen LogP contribution in [0.2, 0.25) is 0 Å². The van der Waals surface area contributed by atoms with Gasteiger partial charge in [0.1, 0.15) is 0 Å². The molecule has 5 nitrogen and oxygen atoms in total. The molecule has 1 aromatic carbocycles. The van der Waals surface area contributed by atoms with Gasteiger partial charge in [-0.2, -0.15) is 13.2 Å². The van der Waals surface area contributed by atoms with Crippen LogP contribution in [0.15, 0.2) is 42.9 Å². The second-order valence-electron chi connectivity index (χ2n) is 5.02. The number of carbonyl (C=O) groups is 1. The summed E-state index contributed by atoms with van der Waals surface area (Å²) < 4.78 is 43.5. The van der Waals surface area contributed by atoms with Gasteiger partial charge in [-0.15, -0.1) is 0 Å². The molecule has 0 amide bonds. The Morgan fingerprint density at radius 3 is 2.46 bits per heavy atom. The molecule has 0 aliphatic carbocycles. The number of carboxylic acids is 1. The fourth-order valence-corrected chi connectivity index (χ4v) is 2.07. The van der Waals surface area contributed by atoms with Crippen molar-refractivity contribution in [3.63, 3.8) is 0 Å². The van der Waals surface area contributed by atoms with E-state index in [0.717, 1.165) is 12.1 Å². The van der Waals surface area contributed by atoms with Crippen molar-refractivity contribution in [3.8, 4) is 0 Å². The highest BCUT2D eigenvalue weighted by molar-refractivity contribution is 5.66. The maximum atomic E-state index is 12.6. The summed E-state index contributed by atoms with van der Waals surface area (Å²) >= 11 is 0. The molecule has 8 heteroatoms. The number of alkyl halides is 3. The maximum absolute atomic E-state index is 12.6. The summed E-state index contributed by atoms with van der Waals surface area (Å²) in [6.07, 6.45) is -0.418. The molecule has 0 saturated carbocycles. The third-order valence-electron chi connectivity index (χ3n) is 3.26. The molecule has 0 saturated heterocycles. The van der Waals surface area contributed by atoms with Gasteiger partial charge in [0.2, 0.25) is 0 Å². The van der Waals surface area contributed by atoms with E-state index in [2.05, 4.69) is 9.97 Å². The number of nitrogens with zero attached hydrogens (tertiary/aromatic N) is 2. The molecule has 0 fully saturated rings. The number of benzene rings is 1. The normalized spacial score (nSPS) is 12.8. The average Bonchev–Trinajstić information content (AvgIpc) is 2.54. The van der Waals surface area contributed by atoms with Gasteiger partial charge in [-0.3, -0.25) is 14.8 Å². The molecule has 24 heavy (non-hydrogen) atoms. The van der Waals surface area contributed by atoms with Gasteiger partial charge in [-0.1, -0.05) is 12.1 Å². The summed E-state index contributed by atoms with van der Waals surface area (Å²) in [4.78, 5) is 18.6. The van der Waals surface area contributed by atoms with Gasteiger partial charge >= 0.3 is 12.1 Å². The molecule has 0 unspecified atom stereocenters. The van der Waals surface area contributed by atoms with E-state index in [9.17, 15) is 18.0 Å². The van der Waals surface area contributed by atoms with Crippen molar-refractivity contribution in [2.24, 2.45) is 0 Å². The van der Waals surface area contributed by atoms with Crippen LogP contribution >= 0.6 is 0 Å². The van der Waals surface area contributed by atoms with Gasteiger partial charge < -0.3 is 9.84 Å². The standard InChI is InChI=1S/C16H15F3N2O3/c17-16(18,19)12-3-1-11(2-4-12)14(24-8-5-15(22)23)9-13-10-20-6-7-21-13/h1-4,6-7,10,14H,5,8-9H2,(H,22,23)/t14-/m1/s1. The van der Waals surface area contributed by atoms with Gasteiger partial charge in [0.05, 0.1) is 30.4 Å². The van der Waals surface area contributed by atoms with E-state index in [1.807, 2.05) is 0 Å². The van der Waals surface area contributed by atoms with Gasteiger partial charge in [0.25, 0.3) is 0 Å². The monoisotopic (exact) mass is 340 g/mol. The number of rotatable bonds is 7. The fraction of sp³-hybridized carbons (Fsp3) is 0.312. The number of aromatic nitrogens is 2. The number of ether oxygens (including phenoxy) is 1. The Morgan fingerprint density at radius 1 is 1.21 bits per heavy atom. The summed E-state index contributed by atoms with van der Waals surface area (Å²) in [5, 5.41) is 8.69. The zero-order chi connectivity index (χ0) is 17.6. The van der Waals surface area contributed by atoms with Crippen LogP contribution in [0.4, 0.5) is 13.2 Å². The smallest absolute Gasteiger partial charge is 0.416 e. The van der Waals surface area contributed by atoms with Crippen molar-refractivity contribution < 1.29 is 27.8 Å². The van der Waals surface area contributed by atoms with E-state index >= 15 is 0 Å². The van der Waals surface area contributed by atoms with Crippen molar-refractivity contribution in [2.75, 3.05) is 6.61 Å². The van der Waals surface area contributed by atoms with Crippen molar-refractivity contribution in [1.29, 1.82) is 0 Å². The summed E-state index contributed by atoms with van der Waals surface area (Å²) in [5.41, 5.74) is 0.354. The van der Waals surface area contributed by atoms with E-state index in [1.165, 1.54) is 30.7 Å². The molecule has 2 aromatic rings. The highest BCUT2D eigenvalue weighted by Gasteiger charge is 2.30. The van der Waals surface area contributed by atoms with Gasteiger partial charge in [0, 0.05) is 25.0 Å². The first-order valence-corrected chi connectivity index (χ1v) is 7.11. The first-order chi connectivity index (χ1) is 11.4. The molecule has 2 rings (SSSR count). The van der Waals surface area contributed by atoms with Crippen molar-refractivity contribution in [2.45, 2.75) is 25.1 Å². The number of aliphatic carboxylic acids is 1. The molecular formula is C16H15F3N2O3.